The molecule has 0 saturated heterocycles. The van der Waals surface area contributed by atoms with E-state index in [2.05, 4.69) is 23.8 Å². The highest BCUT2D eigenvalue weighted by Gasteiger charge is 2.19. The topological polar surface area (TPSA) is 35.0 Å². The zero-order valence-electron chi connectivity index (χ0n) is 16.1. The molecule has 0 aliphatic rings. The number of ether oxygens (including phenoxy) is 1. The molecular formula is C22H23F3N2O. The van der Waals surface area contributed by atoms with Crippen LogP contribution in [0.15, 0.2) is 42.7 Å². The lowest BCUT2D eigenvalue weighted by atomic mass is 10.00. The predicted molar refractivity (Wildman–Crippen MR) is 104 cm³/mol. The Kier molecular flexibility index (Phi) is 6.17. The fourth-order valence-corrected chi connectivity index (χ4v) is 3.36. The summed E-state index contributed by atoms with van der Waals surface area (Å²) in [6.07, 6.45) is 1.26. The summed E-state index contributed by atoms with van der Waals surface area (Å²) < 4.78 is 46.6. The third-order valence-corrected chi connectivity index (χ3v) is 4.51. The Morgan fingerprint density at radius 2 is 1.82 bits per heavy atom. The van der Waals surface area contributed by atoms with Crippen LogP contribution in [0.25, 0.3) is 22.0 Å². The van der Waals surface area contributed by atoms with Gasteiger partial charge in [0.15, 0.2) is 0 Å². The average molecular weight is 388 g/mol. The molecule has 0 aliphatic heterocycles. The number of rotatable bonds is 7. The third-order valence-electron chi connectivity index (χ3n) is 4.51. The summed E-state index contributed by atoms with van der Waals surface area (Å²) in [5, 5.41) is 0.545. The maximum Gasteiger partial charge on any atom is 0.269 e. The van der Waals surface area contributed by atoms with Crippen LogP contribution in [-0.4, -0.2) is 16.6 Å². The highest BCUT2D eigenvalue weighted by atomic mass is 19.3. The van der Waals surface area contributed by atoms with Crippen molar-refractivity contribution in [1.29, 1.82) is 0 Å². The van der Waals surface area contributed by atoms with E-state index in [-0.39, 0.29) is 17.4 Å². The van der Waals surface area contributed by atoms with Gasteiger partial charge < -0.3 is 4.74 Å². The van der Waals surface area contributed by atoms with Crippen LogP contribution in [-0.2, 0) is 0 Å². The normalized spacial score (nSPS) is 12.7. The van der Waals surface area contributed by atoms with E-state index in [9.17, 15) is 13.2 Å². The van der Waals surface area contributed by atoms with Gasteiger partial charge in [-0.1, -0.05) is 20.8 Å². The Bertz CT molecular complexity index is 960. The third kappa shape index (κ3) is 4.61. The number of hydrogen-bond donors (Lipinski definition) is 0. The summed E-state index contributed by atoms with van der Waals surface area (Å²) >= 11 is 0. The first kappa shape index (κ1) is 20.1. The molecule has 0 aliphatic carbocycles. The average Bonchev–Trinajstić information content (AvgIpc) is 2.65. The number of hydrogen-bond acceptors (Lipinski definition) is 3. The molecule has 2 aromatic heterocycles. The largest absolute Gasteiger partial charge is 0.477 e. The summed E-state index contributed by atoms with van der Waals surface area (Å²) in [5.41, 5.74) is 1.38. The van der Waals surface area contributed by atoms with Crippen molar-refractivity contribution < 1.29 is 17.9 Å². The maximum absolute atomic E-state index is 13.7. The number of nitrogens with zero attached hydrogens (tertiary/aromatic N) is 2. The van der Waals surface area contributed by atoms with Gasteiger partial charge in [0, 0.05) is 23.3 Å². The van der Waals surface area contributed by atoms with Gasteiger partial charge >= 0.3 is 0 Å². The molecule has 148 valence electrons. The van der Waals surface area contributed by atoms with Gasteiger partial charge in [-0.25, -0.2) is 18.2 Å². The number of pyridine rings is 2. The minimum absolute atomic E-state index is 0.0566. The maximum atomic E-state index is 13.7. The van der Waals surface area contributed by atoms with Crippen LogP contribution >= 0.6 is 0 Å². The van der Waals surface area contributed by atoms with E-state index in [1.165, 1.54) is 24.4 Å². The highest BCUT2D eigenvalue weighted by Crippen LogP contribution is 2.34. The van der Waals surface area contributed by atoms with Gasteiger partial charge in [-0.15, -0.1) is 0 Å². The molecule has 3 aromatic rings. The Balaban J connectivity index is 1.94. The molecule has 0 radical (unpaired) electrons. The van der Waals surface area contributed by atoms with E-state index in [4.69, 9.17) is 4.74 Å². The second-order valence-electron chi connectivity index (χ2n) is 7.48. The minimum Gasteiger partial charge on any atom is -0.477 e. The van der Waals surface area contributed by atoms with Crippen molar-refractivity contribution in [3.05, 3.63) is 54.1 Å². The van der Waals surface area contributed by atoms with Crippen LogP contribution in [0, 0.1) is 17.7 Å². The molecular weight excluding hydrogens is 365 g/mol. The number of aromatic nitrogens is 2. The van der Waals surface area contributed by atoms with Crippen LogP contribution < -0.4 is 4.74 Å². The number of benzene rings is 1. The van der Waals surface area contributed by atoms with Crippen LogP contribution in [0.1, 0.15) is 39.2 Å². The first-order chi connectivity index (χ1) is 13.3. The van der Waals surface area contributed by atoms with Crippen molar-refractivity contribution in [3.8, 4) is 17.0 Å². The highest BCUT2D eigenvalue weighted by molar-refractivity contribution is 5.94. The standard InChI is InChI=1S/C22H23F3N2O/c1-13(2)8-14(3)12-28-22-19(21(24)25)9-15(11-27-22)17-6-7-26-20-5-4-16(23)10-18(17)20/h4-7,9-11,13-14,21H,8,12H2,1-3H3/t14-/m0/s1. The summed E-state index contributed by atoms with van der Waals surface area (Å²) in [5.74, 6) is 0.268. The molecule has 0 saturated carbocycles. The van der Waals surface area contributed by atoms with E-state index < -0.39 is 12.2 Å². The van der Waals surface area contributed by atoms with E-state index in [1.807, 2.05) is 6.92 Å². The van der Waals surface area contributed by atoms with E-state index in [0.717, 1.165) is 6.42 Å². The summed E-state index contributed by atoms with van der Waals surface area (Å²) in [6, 6.07) is 7.25. The van der Waals surface area contributed by atoms with Crippen LogP contribution in [0.3, 0.4) is 0 Å². The zero-order chi connectivity index (χ0) is 20.3. The number of halogens is 3. The number of fused-ring (bicyclic) bond motifs is 1. The molecule has 1 aromatic carbocycles. The molecule has 0 bridgehead atoms. The quantitative estimate of drug-likeness (QED) is 0.467. The molecule has 0 spiro atoms. The van der Waals surface area contributed by atoms with Crippen LogP contribution in [0.4, 0.5) is 13.2 Å². The summed E-state index contributed by atoms with van der Waals surface area (Å²) in [6.45, 7) is 6.56. The lowest BCUT2D eigenvalue weighted by molar-refractivity contribution is 0.140. The van der Waals surface area contributed by atoms with E-state index in [0.29, 0.717) is 34.6 Å². The van der Waals surface area contributed by atoms with Crippen molar-refractivity contribution in [3.63, 3.8) is 0 Å². The lowest BCUT2D eigenvalue weighted by Crippen LogP contribution is -2.12. The van der Waals surface area contributed by atoms with Gasteiger partial charge in [0.2, 0.25) is 5.88 Å². The fourth-order valence-electron chi connectivity index (χ4n) is 3.36. The molecule has 6 heteroatoms. The number of alkyl halides is 2. The summed E-state index contributed by atoms with van der Waals surface area (Å²) in [7, 11) is 0. The molecule has 3 nitrogen and oxygen atoms in total. The SMILES string of the molecule is CC(C)C[C@H](C)COc1ncc(-c2ccnc3ccc(F)cc23)cc1C(F)F. The van der Waals surface area contributed by atoms with Crippen molar-refractivity contribution in [1.82, 2.24) is 9.97 Å². The van der Waals surface area contributed by atoms with Crippen molar-refractivity contribution >= 4 is 10.9 Å². The van der Waals surface area contributed by atoms with E-state index >= 15 is 0 Å². The van der Waals surface area contributed by atoms with Gasteiger partial charge in [-0.05, 0) is 54.2 Å². The molecule has 1 atom stereocenters. The zero-order valence-corrected chi connectivity index (χ0v) is 16.1. The molecule has 0 unspecified atom stereocenters. The molecule has 28 heavy (non-hydrogen) atoms. The van der Waals surface area contributed by atoms with Gasteiger partial charge in [-0.3, -0.25) is 4.98 Å². The van der Waals surface area contributed by atoms with Gasteiger partial charge in [0.25, 0.3) is 6.43 Å². The van der Waals surface area contributed by atoms with Gasteiger partial charge in [-0.2, -0.15) is 0 Å². The Hall–Kier alpha value is -2.63. The van der Waals surface area contributed by atoms with Gasteiger partial charge in [0.05, 0.1) is 17.7 Å². The predicted octanol–water partition coefficient (Wildman–Crippen LogP) is 6.43. The van der Waals surface area contributed by atoms with Crippen molar-refractivity contribution in [2.45, 2.75) is 33.6 Å². The fraction of sp³-hybridized carbons (Fsp3) is 0.364. The Morgan fingerprint density at radius 1 is 1.04 bits per heavy atom. The molecule has 0 N–H and O–H groups in total. The van der Waals surface area contributed by atoms with Crippen LogP contribution in [0.2, 0.25) is 0 Å². The minimum atomic E-state index is -2.73. The second kappa shape index (κ2) is 8.59. The Labute approximate surface area is 162 Å². The smallest absolute Gasteiger partial charge is 0.269 e. The molecule has 0 amide bonds. The van der Waals surface area contributed by atoms with Crippen LogP contribution in [0.5, 0.6) is 5.88 Å². The van der Waals surface area contributed by atoms with E-state index in [1.54, 1.807) is 18.3 Å². The first-order valence-corrected chi connectivity index (χ1v) is 9.30. The van der Waals surface area contributed by atoms with Gasteiger partial charge in [0.1, 0.15) is 5.82 Å². The molecule has 3 rings (SSSR count). The molecule has 0 fully saturated rings. The second-order valence-corrected chi connectivity index (χ2v) is 7.48. The first-order valence-electron chi connectivity index (χ1n) is 9.30. The summed E-state index contributed by atoms with van der Waals surface area (Å²) in [4.78, 5) is 8.34. The molecule has 2 heterocycles. The van der Waals surface area contributed by atoms with Crippen molar-refractivity contribution in [2.75, 3.05) is 6.61 Å². The monoisotopic (exact) mass is 388 g/mol. The lowest BCUT2D eigenvalue weighted by Gasteiger charge is -2.17. The van der Waals surface area contributed by atoms with Crippen molar-refractivity contribution in [2.24, 2.45) is 11.8 Å². The Morgan fingerprint density at radius 3 is 2.54 bits per heavy atom.